The summed E-state index contributed by atoms with van der Waals surface area (Å²) in [5.74, 6) is -6.05. The minimum absolute atomic E-state index is 0.0318. The number of carbonyl (C=O) groups excluding carboxylic acids is 2. The van der Waals surface area contributed by atoms with Crippen LogP contribution in [-0.2, 0) is 24.0 Å². The van der Waals surface area contributed by atoms with Crippen LogP contribution >= 0.6 is 0 Å². The van der Waals surface area contributed by atoms with Gasteiger partial charge in [0.05, 0.1) is 12.5 Å². The first kappa shape index (κ1) is 25.6. The Balaban J connectivity index is 5.07. The van der Waals surface area contributed by atoms with Gasteiger partial charge < -0.3 is 43.2 Å². The Morgan fingerprint density at radius 3 is 1.93 bits per heavy atom. The lowest BCUT2D eigenvalue weighted by molar-refractivity contribution is -0.143. The number of rotatable bonds is 14. The highest BCUT2D eigenvalue weighted by molar-refractivity contribution is 5.93. The highest BCUT2D eigenvalue weighted by Crippen LogP contribution is 2.04. The molecule has 29 heavy (non-hydrogen) atoms. The summed E-state index contributed by atoms with van der Waals surface area (Å²) in [5, 5.41) is 31.0. The summed E-state index contributed by atoms with van der Waals surface area (Å²) in [6.07, 6.45) is -1.37. The van der Waals surface area contributed by atoms with E-state index in [4.69, 9.17) is 27.4 Å². The van der Waals surface area contributed by atoms with Crippen LogP contribution in [0.5, 0.6) is 0 Å². The topological polar surface area (TPSA) is 261 Å². The normalized spacial score (nSPS) is 13.4. The number of hydrogen-bond donors (Lipinski definition) is 8. The van der Waals surface area contributed by atoms with E-state index < -0.39 is 60.7 Å². The van der Waals surface area contributed by atoms with E-state index in [0.717, 1.165) is 0 Å². The van der Waals surface area contributed by atoms with Gasteiger partial charge in [0.15, 0.2) is 5.96 Å². The molecule has 0 aromatic heterocycles. The van der Waals surface area contributed by atoms with Crippen molar-refractivity contribution in [2.24, 2.45) is 22.2 Å². The van der Waals surface area contributed by atoms with E-state index in [2.05, 4.69) is 15.6 Å². The largest absolute Gasteiger partial charge is 0.481 e. The zero-order valence-corrected chi connectivity index (χ0v) is 15.5. The summed E-state index contributed by atoms with van der Waals surface area (Å²) < 4.78 is 0. The molecule has 11 N–H and O–H groups in total. The zero-order valence-electron chi connectivity index (χ0n) is 15.5. The van der Waals surface area contributed by atoms with Gasteiger partial charge in [-0.05, 0) is 19.3 Å². The van der Waals surface area contributed by atoms with E-state index in [1.807, 2.05) is 0 Å². The third-order valence-corrected chi connectivity index (χ3v) is 3.57. The van der Waals surface area contributed by atoms with Gasteiger partial charge in [-0.25, -0.2) is 4.79 Å². The third kappa shape index (κ3) is 11.8. The van der Waals surface area contributed by atoms with E-state index in [0.29, 0.717) is 0 Å². The molecule has 0 aliphatic rings. The van der Waals surface area contributed by atoms with Crippen molar-refractivity contribution in [3.05, 3.63) is 0 Å². The monoisotopic (exact) mass is 418 g/mol. The molecule has 2 amide bonds. The number of carbonyl (C=O) groups is 5. The first-order chi connectivity index (χ1) is 13.4. The molecule has 0 saturated carbocycles. The second-order valence-electron chi connectivity index (χ2n) is 6.05. The van der Waals surface area contributed by atoms with E-state index in [1.165, 1.54) is 0 Å². The van der Waals surface area contributed by atoms with Crippen LogP contribution in [0.25, 0.3) is 0 Å². The number of aliphatic imine (C=N–C) groups is 1. The van der Waals surface area contributed by atoms with Gasteiger partial charge in [-0.2, -0.15) is 0 Å². The number of nitrogens with two attached hydrogens (primary N) is 3. The highest BCUT2D eigenvalue weighted by atomic mass is 16.4. The molecular formula is C15H26N6O8. The Morgan fingerprint density at radius 2 is 1.45 bits per heavy atom. The fraction of sp³-hybridized carbons (Fsp3) is 0.600. The predicted molar refractivity (Wildman–Crippen MR) is 98.5 cm³/mol. The van der Waals surface area contributed by atoms with Crippen LogP contribution in [0, 0.1) is 0 Å². The zero-order chi connectivity index (χ0) is 22.6. The van der Waals surface area contributed by atoms with Gasteiger partial charge in [0, 0.05) is 13.0 Å². The van der Waals surface area contributed by atoms with Crippen molar-refractivity contribution in [2.75, 3.05) is 6.54 Å². The predicted octanol–water partition coefficient (Wildman–Crippen LogP) is -3.24. The summed E-state index contributed by atoms with van der Waals surface area (Å²) in [7, 11) is 0. The molecule has 0 radical (unpaired) electrons. The minimum Gasteiger partial charge on any atom is -0.481 e. The summed E-state index contributed by atoms with van der Waals surface area (Å²) in [6, 6.07) is -4.23. The summed E-state index contributed by atoms with van der Waals surface area (Å²) >= 11 is 0. The SMILES string of the molecule is NC(N)=NCCC[C@H](NC(=O)[C@H](CCC(=O)O)NC(=O)[C@@H](N)CC(=O)O)C(=O)O. The van der Waals surface area contributed by atoms with E-state index in [1.54, 1.807) is 0 Å². The molecule has 0 heterocycles. The lowest BCUT2D eigenvalue weighted by atomic mass is 10.1. The summed E-state index contributed by atoms with van der Waals surface area (Å²) in [6.45, 7) is 0.130. The molecule has 0 aliphatic heterocycles. The van der Waals surface area contributed by atoms with Crippen molar-refractivity contribution in [3.8, 4) is 0 Å². The molecule has 0 unspecified atom stereocenters. The quantitative estimate of drug-likeness (QED) is 0.0789. The Kier molecular flexibility index (Phi) is 11.4. The molecule has 0 spiro atoms. The standard InChI is InChI=1S/C15H26N6O8/c16-7(6-11(24)25)12(26)20-8(3-4-10(22)23)13(27)21-9(14(28)29)2-1-5-19-15(17)18/h7-9H,1-6,16H2,(H,20,26)(H,21,27)(H,22,23)(H,24,25)(H,28,29)(H4,17,18,19)/t7-,8-,9-/m0/s1. The van der Waals surface area contributed by atoms with Crippen LogP contribution in [0.1, 0.15) is 32.1 Å². The molecule has 0 aromatic carbocycles. The Labute approximate surface area is 165 Å². The van der Waals surface area contributed by atoms with E-state index in [-0.39, 0.29) is 31.8 Å². The average Bonchev–Trinajstić information content (AvgIpc) is 2.59. The molecular weight excluding hydrogens is 392 g/mol. The van der Waals surface area contributed by atoms with Crippen LogP contribution in [0.2, 0.25) is 0 Å². The van der Waals surface area contributed by atoms with Gasteiger partial charge in [0.2, 0.25) is 11.8 Å². The lowest BCUT2D eigenvalue weighted by Crippen LogP contribution is -2.54. The maximum absolute atomic E-state index is 12.4. The van der Waals surface area contributed by atoms with Crippen LogP contribution in [0.4, 0.5) is 0 Å². The number of aliphatic carboxylic acids is 3. The van der Waals surface area contributed by atoms with Crippen LogP contribution in [0.3, 0.4) is 0 Å². The van der Waals surface area contributed by atoms with Gasteiger partial charge in [-0.3, -0.25) is 24.2 Å². The van der Waals surface area contributed by atoms with Crippen LogP contribution in [-0.4, -0.2) is 75.7 Å². The number of amides is 2. The van der Waals surface area contributed by atoms with Gasteiger partial charge in [0.1, 0.15) is 12.1 Å². The average molecular weight is 418 g/mol. The Hall–Kier alpha value is -3.42. The number of nitrogens with zero attached hydrogens (tertiary/aromatic N) is 1. The number of guanidine groups is 1. The molecule has 0 aliphatic carbocycles. The van der Waals surface area contributed by atoms with Crippen molar-refractivity contribution < 1.29 is 39.3 Å². The minimum atomic E-state index is -1.47. The number of carboxylic acid groups (broad SMARTS) is 3. The molecule has 0 bridgehead atoms. The van der Waals surface area contributed by atoms with Crippen molar-refractivity contribution >= 4 is 35.7 Å². The molecule has 0 saturated heterocycles. The number of carboxylic acids is 3. The molecule has 3 atom stereocenters. The first-order valence-electron chi connectivity index (χ1n) is 8.52. The Bertz CT molecular complexity index is 649. The van der Waals surface area contributed by atoms with Crippen molar-refractivity contribution in [2.45, 2.75) is 50.2 Å². The van der Waals surface area contributed by atoms with E-state index in [9.17, 15) is 29.1 Å². The van der Waals surface area contributed by atoms with Gasteiger partial charge >= 0.3 is 17.9 Å². The van der Waals surface area contributed by atoms with E-state index >= 15 is 0 Å². The second kappa shape index (κ2) is 12.9. The fourth-order valence-electron chi connectivity index (χ4n) is 2.13. The molecule has 0 aromatic rings. The van der Waals surface area contributed by atoms with Crippen LogP contribution in [0.15, 0.2) is 4.99 Å². The van der Waals surface area contributed by atoms with Crippen molar-refractivity contribution in [3.63, 3.8) is 0 Å². The lowest BCUT2D eigenvalue weighted by Gasteiger charge is -2.22. The third-order valence-electron chi connectivity index (χ3n) is 3.57. The van der Waals surface area contributed by atoms with Gasteiger partial charge in [-0.15, -0.1) is 0 Å². The summed E-state index contributed by atoms with van der Waals surface area (Å²) in [4.78, 5) is 60.8. The van der Waals surface area contributed by atoms with Crippen molar-refractivity contribution in [1.29, 1.82) is 0 Å². The first-order valence-corrected chi connectivity index (χ1v) is 8.52. The second-order valence-corrected chi connectivity index (χ2v) is 6.05. The number of nitrogens with one attached hydrogen (secondary N) is 2. The maximum Gasteiger partial charge on any atom is 0.326 e. The molecule has 14 nitrogen and oxygen atoms in total. The maximum atomic E-state index is 12.4. The summed E-state index contributed by atoms with van der Waals surface area (Å²) in [5.41, 5.74) is 15.7. The fourth-order valence-corrected chi connectivity index (χ4v) is 2.13. The van der Waals surface area contributed by atoms with Gasteiger partial charge in [0.25, 0.3) is 0 Å². The molecule has 0 fully saturated rings. The Morgan fingerprint density at radius 1 is 0.862 bits per heavy atom. The highest BCUT2D eigenvalue weighted by Gasteiger charge is 2.28. The van der Waals surface area contributed by atoms with Crippen LogP contribution < -0.4 is 27.8 Å². The number of hydrogen-bond acceptors (Lipinski definition) is 7. The van der Waals surface area contributed by atoms with Crippen molar-refractivity contribution in [1.82, 2.24) is 10.6 Å². The molecule has 164 valence electrons. The molecule has 14 heteroatoms. The smallest absolute Gasteiger partial charge is 0.326 e. The molecule has 0 rings (SSSR count). The van der Waals surface area contributed by atoms with Gasteiger partial charge in [-0.1, -0.05) is 0 Å².